The fourth-order valence-corrected chi connectivity index (χ4v) is 2.70. The molecule has 0 aromatic carbocycles. The second-order valence-electron chi connectivity index (χ2n) is 4.73. The molecule has 2 aliphatic rings. The predicted octanol–water partition coefficient (Wildman–Crippen LogP) is 1.40. The van der Waals surface area contributed by atoms with Gasteiger partial charge < -0.3 is 5.11 Å². The molecule has 0 atom stereocenters. The Morgan fingerprint density at radius 2 is 2.27 bits per heavy atom. The second-order valence-corrected chi connectivity index (χ2v) is 4.73. The molecule has 80 valence electrons. The Kier molecular flexibility index (Phi) is 1.69. The number of aliphatic carboxylic acids is 1. The number of hydrogen-bond donors (Lipinski definition) is 2. The van der Waals surface area contributed by atoms with Crippen molar-refractivity contribution in [1.82, 2.24) is 10.2 Å². The molecular formula is C11H14N2O2. The van der Waals surface area contributed by atoms with E-state index in [0.717, 1.165) is 31.4 Å². The zero-order valence-corrected chi connectivity index (χ0v) is 8.55. The predicted molar refractivity (Wildman–Crippen MR) is 53.8 cm³/mol. The Morgan fingerprint density at radius 3 is 2.93 bits per heavy atom. The number of carboxylic acids is 1. The van der Waals surface area contributed by atoms with E-state index in [9.17, 15) is 4.79 Å². The first-order chi connectivity index (χ1) is 7.21. The van der Waals surface area contributed by atoms with Gasteiger partial charge in [-0.1, -0.05) is 0 Å². The zero-order chi connectivity index (χ0) is 10.5. The first-order valence-electron chi connectivity index (χ1n) is 5.50. The molecule has 3 rings (SSSR count). The first kappa shape index (κ1) is 8.95. The number of aromatic nitrogens is 2. The van der Waals surface area contributed by atoms with Gasteiger partial charge in [0, 0.05) is 11.1 Å². The number of H-pyrrole nitrogens is 1. The van der Waals surface area contributed by atoms with Gasteiger partial charge in [0.1, 0.15) is 0 Å². The molecule has 0 radical (unpaired) electrons. The van der Waals surface area contributed by atoms with Crippen molar-refractivity contribution < 1.29 is 9.90 Å². The van der Waals surface area contributed by atoms with E-state index in [0.29, 0.717) is 0 Å². The van der Waals surface area contributed by atoms with Gasteiger partial charge in [-0.05, 0) is 37.7 Å². The molecule has 2 N–H and O–H groups in total. The molecule has 0 spiro atoms. The number of carboxylic acid groups (broad SMARTS) is 1. The number of nitrogens with zero attached hydrogens (tertiary/aromatic N) is 1. The van der Waals surface area contributed by atoms with Crippen LogP contribution in [0, 0.1) is 0 Å². The maximum Gasteiger partial charge on any atom is 0.304 e. The Balaban J connectivity index is 1.95. The normalized spacial score (nSPS) is 21.3. The van der Waals surface area contributed by atoms with Gasteiger partial charge in [-0.15, -0.1) is 0 Å². The minimum atomic E-state index is -0.706. The first-order valence-corrected chi connectivity index (χ1v) is 5.50. The maximum absolute atomic E-state index is 10.8. The van der Waals surface area contributed by atoms with Crippen LogP contribution in [-0.4, -0.2) is 21.3 Å². The van der Waals surface area contributed by atoms with Crippen LogP contribution in [0.5, 0.6) is 0 Å². The van der Waals surface area contributed by atoms with Crippen LogP contribution in [-0.2, 0) is 23.1 Å². The summed E-state index contributed by atoms with van der Waals surface area (Å²) in [7, 11) is 0. The number of fused-ring (bicyclic) bond motifs is 1. The molecule has 1 aromatic heterocycles. The van der Waals surface area contributed by atoms with Crippen LogP contribution in [0.25, 0.3) is 0 Å². The highest BCUT2D eigenvalue weighted by Crippen LogP contribution is 2.52. The quantitative estimate of drug-likeness (QED) is 0.785. The molecule has 1 aromatic rings. The lowest BCUT2D eigenvalue weighted by molar-refractivity contribution is -0.137. The Bertz CT molecular complexity index is 418. The number of aromatic amines is 1. The highest BCUT2D eigenvalue weighted by atomic mass is 16.4. The average Bonchev–Trinajstić information content (AvgIpc) is 2.62. The van der Waals surface area contributed by atoms with Gasteiger partial charge in [-0.25, -0.2) is 0 Å². The number of nitrogens with one attached hydrogen (secondary N) is 1. The topological polar surface area (TPSA) is 66.0 Å². The number of aryl methyl sites for hydroxylation is 1. The second kappa shape index (κ2) is 2.84. The molecule has 2 aliphatic carbocycles. The smallest absolute Gasteiger partial charge is 0.304 e. The Labute approximate surface area is 87.7 Å². The van der Waals surface area contributed by atoms with Crippen molar-refractivity contribution in [3.05, 3.63) is 17.0 Å². The molecule has 0 unspecified atom stereocenters. The largest absolute Gasteiger partial charge is 0.481 e. The van der Waals surface area contributed by atoms with Crippen LogP contribution in [0.4, 0.5) is 0 Å². The van der Waals surface area contributed by atoms with E-state index in [1.54, 1.807) is 0 Å². The lowest BCUT2D eigenvalue weighted by atomic mass is 9.94. The minimum absolute atomic E-state index is 0.125. The van der Waals surface area contributed by atoms with Crippen molar-refractivity contribution in [2.75, 3.05) is 0 Å². The summed E-state index contributed by atoms with van der Waals surface area (Å²) >= 11 is 0. The standard InChI is InChI=1S/C11H14N2O2/c14-9(15)6-11(4-5-11)10-7-2-1-3-8(7)12-13-10/h1-6H2,(H,12,13)(H,14,15). The number of hydrogen-bond acceptors (Lipinski definition) is 2. The van der Waals surface area contributed by atoms with E-state index < -0.39 is 5.97 Å². The molecule has 0 bridgehead atoms. The summed E-state index contributed by atoms with van der Waals surface area (Å²) in [4.78, 5) is 10.8. The third-order valence-corrected chi connectivity index (χ3v) is 3.65. The molecule has 15 heavy (non-hydrogen) atoms. The highest BCUT2D eigenvalue weighted by Gasteiger charge is 2.49. The molecule has 1 fully saturated rings. The van der Waals surface area contributed by atoms with Crippen LogP contribution in [0.15, 0.2) is 0 Å². The maximum atomic E-state index is 10.8. The fourth-order valence-electron chi connectivity index (χ4n) is 2.70. The van der Waals surface area contributed by atoms with Crippen LogP contribution >= 0.6 is 0 Å². The van der Waals surface area contributed by atoms with E-state index in [2.05, 4.69) is 10.2 Å². The van der Waals surface area contributed by atoms with Gasteiger partial charge in [0.05, 0.1) is 12.1 Å². The minimum Gasteiger partial charge on any atom is -0.481 e. The average molecular weight is 206 g/mol. The summed E-state index contributed by atoms with van der Waals surface area (Å²) in [6.45, 7) is 0. The van der Waals surface area contributed by atoms with Crippen molar-refractivity contribution >= 4 is 5.97 Å². The summed E-state index contributed by atoms with van der Waals surface area (Å²) < 4.78 is 0. The van der Waals surface area contributed by atoms with E-state index >= 15 is 0 Å². The van der Waals surface area contributed by atoms with E-state index in [-0.39, 0.29) is 11.8 Å². The van der Waals surface area contributed by atoms with Crippen LogP contribution < -0.4 is 0 Å². The third kappa shape index (κ3) is 1.28. The van der Waals surface area contributed by atoms with Gasteiger partial charge in [0.15, 0.2) is 0 Å². The van der Waals surface area contributed by atoms with Gasteiger partial charge in [-0.2, -0.15) is 5.10 Å². The van der Waals surface area contributed by atoms with Gasteiger partial charge in [0.25, 0.3) is 0 Å². The van der Waals surface area contributed by atoms with E-state index in [1.807, 2.05) is 0 Å². The number of carbonyl (C=O) groups is 1. The van der Waals surface area contributed by atoms with Gasteiger partial charge in [0.2, 0.25) is 0 Å². The zero-order valence-electron chi connectivity index (χ0n) is 8.55. The summed E-state index contributed by atoms with van der Waals surface area (Å²) in [6.07, 6.45) is 5.53. The van der Waals surface area contributed by atoms with Crippen LogP contribution in [0.1, 0.15) is 42.6 Å². The van der Waals surface area contributed by atoms with Gasteiger partial charge in [-0.3, -0.25) is 9.89 Å². The molecule has 1 saturated carbocycles. The molecule has 0 aliphatic heterocycles. The Morgan fingerprint density at radius 1 is 1.47 bits per heavy atom. The SMILES string of the molecule is O=C(O)CC1(c2n[nH]c3c2CCC3)CC1. The van der Waals surface area contributed by atoms with Crippen molar-refractivity contribution in [2.45, 2.75) is 43.9 Å². The third-order valence-electron chi connectivity index (χ3n) is 3.65. The fraction of sp³-hybridized carbons (Fsp3) is 0.636. The van der Waals surface area contributed by atoms with Crippen LogP contribution in [0.2, 0.25) is 0 Å². The highest BCUT2D eigenvalue weighted by molar-refractivity contribution is 5.70. The molecular weight excluding hydrogens is 192 g/mol. The van der Waals surface area contributed by atoms with Gasteiger partial charge >= 0.3 is 5.97 Å². The summed E-state index contributed by atoms with van der Waals surface area (Å²) in [5, 5.41) is 16.3. The lowest BCUT2D eigenvalue weighted by Crippen LogP contribution is -2.15. The summed E-state index contributed by atoms with van der Waals surface area (Å²) in [5.74, 6) is -0.706. The van der Waals surface area contributed by atoms with Crippen molar-refractivity contribution in [2.24, 2.45) is 0 Å². The lowest BCUT2D eigenvalue weighted by Gasteiger charge is -2.10. The summed E-state index contributed by atoms with van der Waals surface area (Å²) in [5.41, 5.74) is 3.48. The van der Waals surface area contributed by atoms with Crippen molar-refractivity contribution in [1.29, 1.82) is 0 Å². The molecule has 4 heteroatoms. The van der Waals surface area contributed by atoms with Crippen LogP contribution in [0.3, 0.4) is 0 Å². The molecule has 0 amide bonds. The number of rotatable bonds is 3. The Hall–Kier alpha value is -1.32. The molecule has 1 heterocycles. The monoisotopic (exact) mass is 206 g/mol. The molecule has 0 saturated heterocycles. The van der Waals surface area contributed by atoms with Crippen molar-refractivity contribution in [3.8, 4) is 0 Å². The molecule has 4 nitrogen and oxygen atoms in total. The summed E-state index contributed by atoms with van der Waals surface area (Å²) in [6, 6.07) is 0. The van der Waals surface area contributed by atoms with E-state index in [1.165, 1.54) is 17.7 Å². The van der Waals surface area contributed by atoms with Crippen molar-refractivity contribution in [3.63, 3.8) is 0 Å². The van der Waals surface area contributed by atoms with E-state index in [4.69, 9.17) is 5.11 Å².